The predicted octanol–water partition coefficient (Wildman–Crippen LogP) is 2.04. The molecule has 2 atom stereocenters. The number of morpholine rings is 1. The highest BCUT2D eigenvalue weighted by molar-refractivity contribution is 7.91. The smallest absolute Gasteiger partial charge is 0.252 e. The predicted molar refractivity (Wildman–Crippen MR) is 97.7 cm³/mol. The van der Waals surface area contributed by atoms with Gasteiger partial charge in [0.1, 0.15) is 4.21 Å². The molecule has 0 N–H and O–H groups in total. The number of thiophene rings is 1. The Morgan fingerprint density at radius 2 is 2.12 bits per heavy atom. The molecule has 0 bridgehead atoms. The molecule has 0 unspecified atom stereocenters. The van der Waals surface area contributed by atoms with E-state index in [0.29, 0.717) is 23.9 Å². The molecule has 6 nitrogen and oxygen atoms in total. The number of ether oxygens (including phenoxy) is 1. The van der Waals surface area contributed by atoms with Gasteiger partial charge in [0.05, 0.1) is 18.8 Å². The highest BCUT2D eigenvalue weighted by Gasteiger charge is 2.45. The van der Waals surface area contributed by atoms with Crippen LogP contribution in [0.25, 0.3) is 0 Å². The second-order valence-corrected chi connectivity index (χ2v) is 9.59. The Morgan fingerprint density at radius 1 is 1.28 bits per heavy atom. The standard InChI is InChI=1S/C17H21N3O3S2/c1-12-4-8-24-17(12)25(21,22)19-10-15-16(11-19)23-7-6-20(15)14-3-5-18-13(2)9-14/h3-5,8-9,15-16H,6-7,10-11H2,1-2H3/t15-,16-/m0/s1. The topological polar surface area (TPSA) is 62.7 Å². The zero-order valence-corrected chi connectivity index (χ0v) is 15.9. The number of rotatable bonds is 3. The van der Waals surface area contributed by atoms with Gasteiger partial charge in [0.2, 0.25) is 0 Å². The Labute approximate surface area is 152 Å². The van der Waals surface area contributed by atoms with Crippen molar-refractivity contribution in [1.29, 1.82) is 0 Å². The SMILES string of the molecule is Cc1cc(N2CCO[C@H]3CN(S(=O)(=O)c4sccc4C)C[C@@H]32)ccn1. The molecule has 2 aliphatic rings. The van der Waals surface area contributed by atoms with E-state index in [4.69, 9.17) is 4.74 Å². The van der Waals surface area contributed by atoms with Gasteiger partial charge in [-0.15, -0.1) is 11.3 Å². The molecule has 4 heterocycles. The maximum atomic E-state index is 13.0. The Kier molecular flexibility index (Phi) is 4.31. The van der Waals surface area contributed by atoms with Crippen LogP contribution >= 0.6 is 11.3 Å². The number of anilines is 1. The first-order chi connectivity index (χ1) is 12.0. The Balaban J connectivity index is 1.62. The first-order valence-electron chi connectivity index (χ1n) is 8.32. The van der Waals surface area contributed by atoms with E-state index in [1.54, 1.807) is 10.5 Å². The quantitative estimate of drug-likeness (QED) is 0.817. The van der Waals surface area contributed by atoms with Gasteiger partial charge in [0.15, 0.2) is 0 Å². The van der Waals surface area contributed by atoms with Crippen molar-refractivity contribution < 1.29 is 13.2 Å². The summed E-state index contributed by atoms with van der Waals surface area (Å²) in [7, 11) is -3.47. The minimum atomic E-state index is -3.47. The molecule has 8 heteroatoms. The number of hydrogen-bond donors (Lipinski definition) is 0. The van der Waals surface area contributed by atoms with Crippen LogP contribution < -0.4 is 4.90 Å². The van der Waals surface area contributed by atoms with E-state index in [-0.39, 0.29) is 12.1 Å². The number of sulfonamides is 1. The molecule has 134 valence electrons. The molecule has 0 saturated carbocycles. The Hall–Kier alpha value is -1.48. The van der Waals surface area contributed by atoms with Gasteiger partial charge in [-0.3, -0.25) is 4.98 Å². The highest BCUT2D eigenvalue weighted by atomic mass is 32.2. The average molecular weight is 380 g/mol. The van der Waals surface area contributed by atoms with Crippen LogP contribution in [-0.2, 0) is 14.8 Å². The van der Waals surface area contributed by atoms with E-state index < -0.39 is 10.0 Å². The normalized spacial score (nSPS) is 24.5. The van der Waals surface area contributed by atoms with Crippen LogP contribution in [0.2, 0.25) is 0 Å². The second kappa shape index (κ2) is 6.35. The summed E-state index contributed by atoms with van der Waals surface area (Å²) >= 11 is 1.28. The second-order valence-electron chi connectivity index (χ2n) is 6.54. The third kappa shape index (κ3) is 2.97. The van der Waals surface area contributed by atoms with Crippen molar-refractivity contribution in [3.63, 3.8) is 0 Å². The lowest BCUT2D eigenvalue weighted by molar-refractivity contribution is 0.0331. The van der Waals surface area contributed by atoms with E-state index in [0.717, 1.165) is 23.5 Å². The third-order valence-corrected chi connectivity index (χ3v) is 8.37. The van der Waals surface area contributed by atoms with Crippen LogP contribution in [0, 0.1) is 13.8 Å². The summed E-state index contributed by atoms with van der Waals surface area (Å²) in [5.41, 5.74) is 2.84. The minimum absolute atomic E-state index is 0.0330. The maximum Gasteiger partial charge on any atom is 0.252 e. The van der Waals surface area contributed by atoms with Gasteiger partial charge >= 0.3 is 0 Å². The van der Waals surface area contributed by atoms with Gasteiger partial charge in [-0.05, 0) is 43.0 Å². The number of aromatic nitrogens is 1. The molecule has 0 spiro atoms. The average Bonchev–Trinajstić information content (AvgIpc) is 3.21. The summed E-state index contributed by atoms with van der Waals surface area (Å²) in [6, 6.07) is 5.91. The minimum Gasteiger partial charge on any atom is -0.373 e. The zero-order valence-electron chi connectivity index (χ0n) is 14.3. The molecular weight excluding hydrogens is 358 g/mol. The molecule has 2 aromatic heterocycles. The van der Waals surface area contributed by atoms with Crippen molar-refractivity contribution in [3.05, 3.63) is 41.0 Å². The van der Waals surface area contributed by atoms with E-state index >= 15 is 0 Å². The van der Waals surface area contributed by atoms with Crippen LogP contribution in [0.15, 0.2) is 34.0 Å². The molecule has 2 aliphatic heterocycles. The van der Waals surface area contributed by atoms with Gasteiger partial charge in [-0.2, -0.15) is 4.31 Å². The number of pyridine rings is 1. The Morgan fingerprint density at radius 3 is 2.84 bits per heavy atom. The van der Waals surface area contributed by atoms with Crippen molar-refractivity contribution in [2.75, 3.05) is 31.1 Å². The number of fused-ring (bicyclic) bond motifs is 1. The zero-order chi connectivity index (χ0) is 17.6. The fourth-order valence-corrected chi connectivity index (χ4v) is 6.64. The first kappa shape index (κ1) is 17.0. The van der Waals surface area contributed by atoms with Crippen LogP contribution in [-0.4, -0.2) is 56.1 Å². The van der Waals surface area contributed by atoms with Crippen LogP contribution in [0.4, 0.5) is 5.69 Å². The number of nitrogens with zero attached hydrogens (tertiary/aromatic N) is 3. The lowest BCUT2D eigenvalue weighted by atomic mass is 10.1. The van der Waals surface area contributed by atoms with Crippen LogP contribution in [0.1, 0.15) is 11.3 Å². The monoisotopic (exact) mass is 379 g/mol. The van der Waals surface area contributed by atoms with Gasteiger partial charge in [0.25, 0.3) is 10.0 Å². The van der Waals surface area contributed by atoms with Gasteiger partial charge in [-0.1, -0.05) is 0 Å². The fourth-order valence-electron chi connectivity index (χ4n) is 3.62. The van der Waals surface area contributed by atoms with E-state index in [9.17, 15) is 8.42 Å². The molecular formula is C17H21N3O3S2. The molecule has 0 aliphatic carbocycles. The van der Waals surface area contributed by atoms with Crippen molar-refractivity contribution >= 4 is 27.0 Å². The molecule has 2 fully saturated rings. The van der Waals surface area contributed by atoms with Gasteiger partial charge in [-0.25, -0.2) is 8.42 Å². The summed E-state index contributed by atoms with van der Waals surface area (Å²) in [6.07, 6.45) is 1.70. The van der Waals surface area contributed by atoms with Crippen molar-refractivity contribution in [2.24, 2.45) is 0 Å². The summed E-state index contributed by atoms with van der Waals surface area (Å²) in [5.74, 6) is 0. The molecule has 0 radical (unpaired) electrons. The maximum absolute atomic E-state index is 13.0. The highest BCUT2D eigenvalue weighted by Crippen LogP contribution is 2.33. The van der Waals surface area contributed by atoms with Crippen molar-refractivity contribution in [1.82, 2.24) is 9.29 Å². The molecule has 2 saturated heterocycles. The van der Waals surface area contributed by atoms with Gasteiger partial charge in [0, 0.05) is 37.2 Å². The van der Waals surface area contributed by atoms with Crippen LogP contribution in [0.3, 0.4) is 0 Å². The lowest BCUT2D eigenvalue weighted by Gasteiger charge is -2.38. The number of aryl methyl sites for hydroxylation is 2. The summed E-state index contributed by atoms with van der Waals surface area (Å²) < 4.78 is 33.9. The largest absolute Gasteiger partial charge is 0.373 e. The van der Waals surface area contributed by atoms with E-state index in [1.165, 1.54) is 11.3 Å². The summed E-state index contributed by atoms with van der Waals surface area (Å²) in [6.45, 7) is 6.03. The van der Waals surface area contributed by atoms with Crippen molar-refractivity contribution in [3.8, 4) is 0 Å². The van der Waals surface area contributed by atoms with Gasteiger partial charge < -0.3 is 9.64 Å². The fraction of sp³-hybridized carbons (Fsp3) is 0.471. The molecule has 2 aromatic rings. The first-order valence-corrected chi connectivity index (χ1v) is 10.6. The van der Waals surface area contributed by atoms with E-state index in [1.807, 2.05) is 37.4 Å². The summed E-state index contributed by atoms with van der Waals surface area (Å²) in [4.78, 5) is 6.52. The molecule has 4 rings (SSSR count). The molecule has 25 heavy (non-hydrogen) atoms. The molecule has 0 amide bonds. The number of hydrogen-bond acceptors (Lipinski definition) is 6. The lowest BCUT2D eigenvalue weighted by Crippen LogP contribution is -2.51. The third-order valence-electron chi connectivity index (χ3n) is 4.87. The van der Waals surface area contributed by atoms with E-state index in [2.05, 4.69) is 9.88 Å². The van der Waals surface area contributed by atoms with Crippen LogP contribution in [0.5, 0.6) is 0 Å². The summed E-state index contributed by atoms with van der Waals surface area (Å²) in [5, 5.41) is 1.83. The Bertz CT molecular complexity index is 881. The molecule has 0 aromatic carbocycles. The van der Waals surface area contributed by atoms with Crippen molar-refractivity contribution in [2.45, 2.75) is 30.2 Å².